The summed E-state index contributed by atoms with van der Waals surface area (Å²) < 4.78 is 7.30. The number of carbonyl (C=O) groups is 1. The SMILES string of the molecule is Cc1ccc(OCC(=O)Nc2cc(Br)c3nc(NN)sc3c2)c(C)c1. The fourth-order valence-electron chi connectivity index (χ4n) is 2.42. The maximum atomic E-state index is 12.2. The van der Waals surface area contributed by atoms with Crippen molar-refractivity contribution in [3.05, 3.63) is 45.9 Å². The van der Waals surface area contributed by atoms with Crippen LogP contribution in [-0.4, -0.2) is 17.5 Å². The normalized spacial score (nSPS) is 10.7. The monoisotopic (exact) mass is 420 g/mol. The van der Waals surface area contributed by atoms with Crippen LogP contribution in [0.5, 0.6) is 5.75 Å². The number of aryl methyl sites for hydroxylation is 2. The molecule has 3 rings (SSSR count). The third-order valence-electron chi connectivity index (χ3n) is 3.54. The molecule has 0 aliphatic carbocycles. The molecule has 1 heterocycles. The molecule has 25 heavy (non-hydrogen) atoms. The summed E-state index contributed by atoms with van der Waals surface area (Å²) in [4.78, 5) is 16.5. The lowest BCUT2D eigenvalue weighted by molar-refractivity contribution is -0.118. The molecule has 0 fully saturated rings. The largest absolute Gasteiger partial charge is 0.483 e. The second-order valence-corrected chi connectivity index (χ2v) is 7.46. The Morgan fingerprint density at radius 2 is 2.12 bits per heavy atom. The Labute approximate surface area is 157 Å². The van der Waals surface area contributed by atoms with Crippen molar-refractivity contribution >= 4 is 54.2 Å². The van der Waals surface area contributed by atoms with Gasteiger partial charge in [0.1, 0.15) is 5.75 Å². The lowest BCUT2D eigenvalue weighted by Gasteiger charge is -2.10. The smallest absolute Gasteiger partial charge is 0.262 e. The van der Waals surface area contributed by atoms with E-state index < -0.39 is 0 Å². The van der Waals surface area contributed by atoms with Crippen LogP contribution in [0.1, 0.15) is 11.1 Å². The number of hydrogen-bond donors (Lipinski definition) is 3. The van der Waals surface area contributed by atoms with Gasteiger partial charge in [0.25, 0.3) is 5.91 Å². The van der Waals surface area contributed by atoms with Gasteiger partial charge in [-0.15, -0.1) is 0 Å². The van der Waals surface area contributed by atoms with Crippen molar-refractivity contribution in [3.8, 4) is 5.75 Å². The predicted molar refractivity (Wildman–Crippen MR) is 105 cm³/mol. The molecule has 6 nitrogen and oxygen atoms in total. The van der Waals surface area contributed by atoms with Crippen LogP contribution in [0.15, 0.2) is 34.8 Å². The molecule has 2 aromatic carbocycles. The van der Waals surface area contributed by atoms with Gasteiger partial charge in [-0.25, -0.2) is 10.8 Å². The van der Waals surface area contributed by atoms with Crippen LogP contribution < -0.4 is 21.3 Å². The van der Waals surface area contributed by atoms with Crippen molar-refractivity contribution in [2.75, 3.05) is 17.3 Å². The number of benzene rings is 2. The van der Waals surface area contributed by atoms with Gasteiger partial charge in [0, 0.05) is 10.2 Å². The van der Waals surface area contributed by atoms with Crippen molar-refractivity contribution < 1.29 is 9.53 Å². The van der Waals surface area contributed by atoms with Gasteiger partial charge < -0.3 is 10.1 Å². The Balaban J connectivity index is 1.69. The molecular weight excluding hydrogens is 404 g/mol. The average Bonchev–Trinajstić information content (AvgIpc) is 2.98. The second-order valence-electron chi connectivity index (χ2n) is 5.57. The molecule has 130 valence electrons. The molecule has 3 aromatic rings. The van der Waals surface area contributed by atoms with E-state index in [9.17, 15) is 4.79 Å². The van der Waals surface area contributed by atoms with Gasteiger partial charge in [-0.05, 0) is 53.5 Å². The number of hydrazine groups is 1. The van der Waals surface area contributed by atoms with Crippen molar-refractivity contribution in [2.45, 2.75) is 13.8 Å². The Bertz CT molecular complexity index is 942. The summed E-state index contributed by atoms with van der Waals surface area (Å²) in [5.74, 6) is 5.87. The molecule has 1 aromatic heterocycles. The van der Waals surface area contributed by atoms with Crippen molar-refractivity contribution in [1.82, 2.24) is 4.98 Å². The third kappa shape index (κ3) is 4.09. The first-order valence-corrected chi connectivity index (χ1v) is 9.14. The van der Waals surface area contributed by atoms with Crippen LogP contribution in [0.25, 0.3) is 10.2 Å². The zero-order valence-electron chi connectivity index (χ0n) is 13.7. The predicted octanol–water partition coefficient (Wildman–Crippen LogP) is 3.98. The lowest BCUT2D eigenvalue weighted by atomic mass is 10.1. The highest BCUT2D eigenvalue weighted by atomic mass is 79.9. The third-order valence-corrected chi connectivity index (χ3v) is 5.08. The van der Waals surface area contributed by atoms with E-state index in [1.54, 1.807) is 6.07 Å². The molecule has 0 radical (unpaired) electrons. The number of rotatable bonds is 5. The number of nitrogens with zero attached hydrogens (tertiary/aromatic N) is 1. The summed E-state index contributed by atoms with van der Waals surface area (Å²) in [6, 6.07) is 9.51. The van der Waals surface area contributed by atoms with E-state index >= 15 is 0 Å². The molecular formula is C17H17BrN4O2S. The molecule has 1 amide bonds. The molecule has 0 aliphatic rings. The van der Waals surface area contributed by atoms with Crippen molar-refractivity contribution in [1.29, 1.82) is 0 Å². The Morgan fingerprint density at radius 1 is 1.32 bits per heavy atom. The number of anilines is 2. The molecule has 0 spiro atoms. The van der Waals surface area contributed by atoms with E-state index in [4.69, 9.17) is 10.6 Å². The number of fused-ring (bicyclic) bond motifs is 1. The van der Waals surface area contributed by atoms with Gasteiger partial charge >= 0.3 is 0 Å². The van der Waals surface area contributed by atoms with Gasteiger partial charge in [-0.1, -0.05) is 29.0 Å². The quantitative estimate of drug-likeness (QED) is 0.429. The number of thiazole rings is 1. The summed E-state index contributed by atoms with van der Waals surface area (Å²) >= 11 is 4.87. The first-order valence-electron chi connectivity index (χ1n) is 7.53. The van der Waals surface area contributed by atoms with Crippen LogP contribution in [0.4, 0.5) is 10.8 Å². The number of aromatic nitrogens is 1. The number of nitrogens with one attached hydrogen (secondary N) is 2. The fraction of sp³-hybridized carbons (Fsp3) is 0.176. The first kappa shape index (κ1) is 17.7. The minimum Gasteiger partial charge on any atom is -0.483 e. The van der Waals surface area contributed by atoms with E-state index in [0.717, 1.165) is 25.8 Å². The van der Waals surface area contributed by atoms with Crippen molar-refractivity contribution in [3.63, 3.8) is 0 Å². The van der Waals surface area contributed by atoms with Crippen LogP contribution in [0.3, 0.4) is 0 Å². The maximum absolute atomic E-state index is 12.2. The minimum atomic E-state index is -0.229. The van der Waals surface area contributed by atoms with E-state index in [2.05, 4.69) is 31.7 Å². The van der Waals surface area contributed by atoms with E-state index in [1.807, 2.05) is 38.1 Å². The van der Waals surface area contributed by atoms with E-state index in [-0.39, 0.29) is 12.5 Å². The number of carbonyl (C=O) groups excluding carboxylic acids is 1. The Morgan fingerprint density at radius 3 is 2.84 bits per heavy atom. The molecule has 0 aliphatic heterocycles. The topological polar surface area (TPSA) is 89.3 Å². The highest BCUT2D eigenvalue weighted by molar-refractivity contribution is 9.10. The number of nitrogen functional groups attached to an aromatic ring is 1. The fourth-order valence-corrected chi connectivity index (χ4v) is 3.95. The molecule has 0 saturated heterocycles. The number of amides is 1. The summed E-state index contributed by atoms with van der Waals surface area (Å²) in [6.07, 6.45) is 0. The van der Waals surface area contributed by atoms with Crippen LogP contribution in [0, 0.1) is 13.8 Å². The minimum absolute atomic E-state index is 0.0577. The maximum Gasteiger partial charge on any atom is 0.262 e. The summed E-state index contributed by atoms with van der Waals surface area (Å²) in [5.41, 5.74) is 6.15. The average molecular weight is 421 g/mol. The number of halogens is 1. The van der Waals surface area contributed by atoms with E-state index in [0.29, 0.717) is 16.6 Å². The number of hydrogen-bond acceptors (Lipinski definition) is 6. The van der Waals surface area contributed by atoms with Gasteiger partial charge in [0.05, 0.1) is 10.2 Å². The number of nitrogens with two attached hydrogens (primary N) is 1. The highest BCUT2D eigenvalue weighted by Gasteiger charge is 2.11. The standard InChI is InChI=1S/C17H17BrN4O2S/c1-9-3-4-13(10(2)5-9)24-8-15(23)20-11-6-12(18)16-14(7-11)25-17(21-16)22-19/h3-7H,8,19H2,1-2H3,(H,20,23)(H,21,22). The van der Waals surface area contributed by atoms with Crippen molar-refractivity contribution in [2.24, 2.45) is 5.84 Å². The molecule has 8 heteroatoms. The Kier molecular flexibility index (Phi) is 5.22. The molecule has 0 saturated carbocycles. The molecule has 0 unspecified atom stereocenters. The molecule has 0 atom stereocenters. The van der Waals surface area contributed by atoms with Gasteiger partial charge in [-0.2, -0.15) is 0 Å². The zero-order chi connectivity index (χ0) is 18.0. The van der Waals surface area contributed by atoms with Crippen LogP contribution in [-0.2, 0) is 4.79 Å². The summed E-state index contributed by atoms with van der Waals surface area (Å²) in [5, 5.41) is 3.45. The lowest BCUT2D eigenvalue weighted by Crippen LogP contribution is -2.20. The summed E-state index contributed by atoms with van der Waals surface area (Å²) in [6.45, 7) is 3.92. The van der Waals surface area contributed by atoms with Crippen LogP contribution in [0.2, 0.25) is 0 Å². The summed E-state index contributed by atoms with van der Waals surface area (Å²) in [7, 11) is 0. The van der Waals surface area contributed by atoms with Crippen LogP contribution >= 0.6 is 27.3 Å². The first-order chi connectivity index (χ1) is 12.0. The van der Waals surface area contributed by atoms with E-state index in [1.165, 1.54) is 11.3 Å². The molecule has 0 bridgehead atoms. The Hall–Kier alpha value is -2.16. The second kappa shape index (κ2) is 7.38. The number of ether oxygens (including phenoxy) is 1. The van der Waals surface area contributed by atoms with Gasteiger partial charge in [0.15, 0.2) is 11.7 Å². The highest BCUT2D eigenvalue weighted by Crippen LogP contribution is 2.33. The molecule has 4 N–H and O–H groups in total. The van der Waals surface area contributed by atoms with Gasteiger partial charge in [0.2, 0.25) is 0 Å². The van der Waals surface area contributed by atoms with Gasteiger partial charge in [-0.3, -0.25) is 10.2 Å². The zero-order valence-corrected chi connectivity index (χ0v) is 16.1.